The maximum Gasteiger partial charge on any atom is 0.275 e. The van der Waals surface area contributed by atoms with E-state index in [9.17, 15) is 13.5 Å². The van der Waals surface area contributed by atoms with Crippen molar-refractivity contribution in [2.24, 2.45) is 0 Å². The SMILES string of the molecule is CN(C)S(=O)(=O)c1ccc(CN2CCCCC2CO)o1. The summed E-state index contributed by atoms with van der Waals surface area (Å²) in [4.78, 5) is 2.15. The van der Waals surface area contributed by atoms with Crippen LogP contribution in [0.25, 0.3) is 0 Å². The molecule has 1 atom stereocenters. The Morgan fingerprint density at radius 3 is 2.80 bits per heavy atom. The number of hydrogen-bond donors (Lipinski definition) is 1. The van der Waals surface area contributed by atoms with E-state index in [2.05, 4.69) is 4.90 Å². The minimum atomic E-state index is -3.52. The molecule has 114 valence electrons. The van der Waals surface area contributed by atoms with E-state index in [-0.39, 0.29) is 17.7 Å². The van der Waals surface area contributed by atoms with Gasteiger partial charge in [-0.2, -0.15) is 0 Å². The van der Waals surface area contributed by atoms with Crippen molar-refractivity contribution < 1.29 is 17.9 Å². The van der Waals surface area contributed by atoms with Crippen LogP contribution < -0.4 is 0 Å². The van der Waals surface area contributed by atoms with Gasteiger partial charge in [-0.25, -0.2) is 12.7 Å². The van der Waals surface area contributed by atoms with Crippen LogP contribution in [-0.2, 0) is 16.6 Å². The average molecular weight is 302 g/mol. The minimum absolute atomic E-state index is 0.0324. The van der Waals surface area contributed by atoms with Crippen LogP contribution in [0.15, 0.2) is 21.6 Å². The summed E-state index contributed by atoms with van der Waals surface area (Å²) in [6.45, 7) is 1.57. The summed E-state index contributed by atoms with van der Waals surface area (Å²) in [7, 11) is -0.565. The van der Waals surface area contributed by atoms with E-state index in [0.717, 1.165) is 30.1 Å². The number of aliphatic hydroxyl groups excluding tert-OH is 1. The Morgan fingerprint density at radius 1 is 1.40 bits per heavy atom. The van der Waals surface area contributed by atoms with Gasteiger partial charge in [0.25, 0.3) is 10.0 Å². The van der Waals surface area contributed by atoms with Crippen LogP contribution in [-0.4, -0.2) is 56.0 Å². The summed E-state index contributed by atoms with van der Waals surface area (Å²) < 4.78 is 30.5. The first kappa shape index (κ1) is 15.5. The molecule has 7 heteroatoms. The van der Waals surface area contributed by atoms with Gasteiger partial charge in [-0.15, -0.1) is 0 Å². The van der Waals surface area contributed by atoms with Gasteiger partial charge in [-0.1, -0.05) is 6.42 Å². The smallest absolute Gasteiger partial charge is 0.275 e. The predicted molar refractivity (Wildman–Crippen MR) is 74.7 cm³/mol. The van der Waals surface area contributed by atoms with Crippen molar-refractivity contribution in [1.29, 1.82) is 0 Å². The van der Waals surface area contributed by atoms with Crippen LogP contribution in [0.1, 0.15) is 25.0 Å². The lowest BCUT2D eigenvalue weighted by Gasteiger charge is -2.33. The quantitative estimate of drug-likeness (QED) is 0.874. The third kappa shape index (κ3) is 3.22. The van der Waals surface area contributed by atoms with Gasteiger partial charge in [0.2, 0.25) is 5.09 Å². The minimum Gasteiger partial charge on any atom is -0.447 e. The molecule has 20 heavy (non-hydrogen) atoms. The molecule has 1 aliphatic rings. The number of furan rings is 1. The number of nitrogens with zero attached hydrogens (tertiary/aromatic N) is 2. The molecule has 6 nitrogen and oxygen atoms in total. The van der Waals surface area contributed by atoms with Gasteiger partial charge in [-0.3, -0.25) is 4.90 Å². The van der Waals surface area contributed by atoms with E-state index in [0.29, 0.717) is 12.3 Å². The first-order valence-corrected chi connectivity index (χ1v) is 8.25. The second kappa shape index (κ2) is 6.26. The number of piperidine rings is 1. The van der Waals surface area contributed by atoms with Gasteiger partial charge in [-0.05, 0) is 31.5 Å². The number of likely N-dealkylation sites (tertiary alicyclic amines) is 1. The van der Waals surface area contributed by atoms with E-state index in [1.165, 1.54) is 20.2 Å². The molecule has 0 aromatic carbocycles. The second-order valence-corrected chi connectivity index (χ2v) is 7.39. The zero-order chi connectivity index (χ0) is 14.8. The predicted octanol–water partition coefficient (Wildman–Crippen LogP) is 0.877. The number of rotatable bonds is 5. The molecule has 0 bridgehead atoms. The zero-order valence-corrected chi connectivity index (χ0v) is 12.8. The van der Waals surface area contributed by atoms with E-state index >= 15 is 0 Å². The molecular weight excluding hydrogens is 280 g/mol. The molecule has 1 aliphatic heterocycles. The molecule has 0 spiro atoms. The molecule has 1 fully saturated rings. The van der Waals surface area contributed by atoms with E-state index in [4.69, 9.17) is 4.42 Å². The molecule has 1 unspecified atom stereocenters. The molecule has 0 saturated carbocycles. The number of sulfonamides is 1. The monoisotopic (exact) mass is 302 g/mol. The molecule has 1 N–H and O–H groups in total. The topological polar surface area (TPSA) is 74.0 Å². The standard InChI is InChI=1S/C13H22N2O4S/c1-14(2)20(17,18)13-7-6-12(19-13)9-15-8-4-3-5-11(15)10-16/h6-7,11,16H,3-5,8-10H2,1-2H3. The lowest BCUT2D eigenvalue weighted by molar-refractivity contribution is 0.0771. The Balaban J connectivity index is 2.10. The second-order valence-electron chi connectivity index (χ2n) is 5.31. The fourth-order valence-electron chi connectivity index (χ4n) is 2.44. The zero-order valence-electron chi connectivity index (χ0n) is 11.9. The lowest BCUT2D eigenvalue weighted by Crippen LogP contribution is -2.41. The summed E-state index contributed by atoms with van der Waals surface area (Å²) in [5, 5.41) is 9.34. The van der Waals surface area contributed by atoms with Crippen LogP contribution in [0.3, 0.4) is 0 Å². The average Bonchev–Trinajstić information content (AvgIpc) is 2.88. The highest BCUT2D eigenvalue weighted by molar-refractivity contribution is 7.88. The molecule has 0 radical (unpaired) electrons. The highest BCUT2D eigenvalue weighted by Crippen LogP contribution is 2.22. The van der Waals surface area contributed by atoms with E-state index in [1.807, 2.05) is 0 Å². The van der Waals surface area contributed by atoms with Gasteiger partial charge in [0.05, 0.1) is 13.2 Å². The van der Waals surface area contributed by atoms with Crippen molar-refractivity contribution >= 4 is 10.0 Å². The molecular formula is C13H22N2O4S. The van der Waals surface area contributed by atoms with Gasteiger partial charge in [0.1, 0.15) is 5.76 Å². The Hall–Kier alpha value is -0.890. The Kier molecular flexibility index (Phi) is 4.85. The number of hydrogen-bond acceptors (Lipinski definition) is 5. The van der Waals surface area contributed by atoms with Crippen molar-refractivity contribution in [3.05, 3.63) is 17.9 Å². The van der Waals surface area contributed by atoms with Crippen molar-refractivity contribution in [3.63, 3.8) is 0 Å². The molecule has 1 saturated heterocycles. The molecule has 2 heterocycles. The van der Waals surface area contributed by atoms with Gasteiger partial charge in [0.15, 0.2) is 0 Å². The maximum absolute atomic E-state index is 11.9. The molecule has 0 amide bonds. The fraction of sp³-hybridized carbons (Fsp3) is 0.692. The van der Waals surface area contributed by atoms with Gasteiger partial charge < -0.3 is 9.52 Å². The van der Waals surface area contributed by atoms with Crippen LogP contribution in [0.4, 0.5) is 0 Å². The van der Waals surface area contributed by atoms with Crippen molar-refractivity contribution in [3.8, 4) is 0 Å². The first-order chi connectivity index (χ1) is 9.45. The summed E-state index contributed by atoms with van der Waals surface area (Å²) >= 11 is 0. The fourth-order valence-corrected chi connectivity index (χ4v) is 3.25. The highest BCUT2D eigenvalue weighted by atomic mass is 32.2. The highest BCUT2D eigenvalue weighted by Gasteiger charge is 2.25. The summed E-state index contributed by atoms with van der Waals surface area (Å²) in [5.74, 6) is 0.616. The van der Waals surface area contributed by atoms with Crippen molar-refractivity contribution in [2.75, 3.05) is 27.2 Å². The first-order valence-electron chi connectivity index (χ1n) is 6.81. The molecule has 1 aromatic rings. The Morgan fingerprint density at radius 2 is 2.15 bits per heavy atom. The Bertz CT molecular complexity index is 538. The summed E-state index contributed by atoms with van der Waals surface area (Å²) in [6.07, 6.45) is 3.19. The van der Waals surface area contributed by atoms with Crippen LogP contribution in [0.5, 0.6) is 0 Å². The molecule has 1 aromatic heterocycles. The van der Waals surface area contributed by atoms with Crippen molar-refractivity contribution in [2.45, 2.75) is 36.9 Å². The van der Waals surface area contributed by atoms with E-state index in [1.54, 1.807) is 6.07 Å². The third-order valence-corrected chi connectivity index (χ3v) is 5.38. The third-order valence-electron chi connectivity index (χ3n) is 3.69. The number of aliphatic hydroxyl groups is 1. The van der Waals surface area contributed by atoms with Crippen LogP contribution in [0, 0.1) is 0 Å². The van der Waals surface area contributed by atoms with Gasteiger partial charge in [0, 0.05) is 20.1 Å². The van der Waals surface area contributed by atoms with Gasteiger partial charge >= 0.3 is 0 Å². The lowest BCUT2D eigenvalue weighted by atomic mass is 10.0. The summed E-state index contributed by atoms with van der Waals surface area (Å²) in [5.41, 5.74) is 0. The summed E-state index contributed by atoms with van der Waals surface area (Å²) in [6, 6.07) is 3.32. The van der Waals surface area contributed by atoms with Crippen LogP contribution in [0.2, 0.25) is 0 Å². The van der Waals surface area contributed by atoms with Crippen LogP contribution >= 0.6 is 0 Å². The maximum atomic E-state index is 11.9. The normalized spacial score (nSPS) is 21.5. The Labute approximate surface area is 120 Å². The molecule has 2 rings (SSSR count). The molecule has 0 aliphatic carbocycles. The van der Waals surface area contributed by atoms with E-state index < -0.39 is 10.0 Å². The largest absolute Gasteiger partial charge is 0.447 e. The van der Waals surface area contributed by atoms with Crippen molar-refractivity contribution in [1.82, 2.24) is 9.21 Å².